The topological polar surface area (TPSA) is 118 Å². The molecule has 0 radical (unpaired) electrons. The Morgan fingerprint density at radius 2 is 1.64 bits per heavy atom. The maximum absolute atomic E-state index is 13.3. The molecule has 1 spiro atoms. The summed E-state index contributed by atoms with van der Waals surface area (Å²) in [7, 11) is -7.53. The van der Waals surface area contributed by atoms with Crippen LogP contribution in [0, 0.1) is 5.41 Å². The van der Waals surface area contributed by atoms with E-state index >= 15 is 0 Å². The molecule has 0 amide bonds. The van der Waals surface area contributed by atoms with E-state index in [0.29, 0.717) is 28.0 Å². The van der Waals surface area contributed by atoms with Gasteiger partial charge >= 0.3 is 0 Å². The number of alkyl halides is 2. The van der Waals surface area contributed by atoms with E-state index in [9.17, 15) is 25.6 Å². The first-order chi connectivity index (χ1) is 18.3. The maximum Gasteiger partial charge on any atom is 0.275 e. The number of nitrogens with one attached hydrogen (secondary N) is 1. The van der Waals surface area contributed by atoms with Crippen molar-refractivity contribution in [1.29, 1.82) is 0 Å². The highest BCUT2D eigenvalue weighted by molar-refractivity contribution is 7.92. The summed E-state index contributed by atoms with van der Waals surface area (Å²) in [4.78, 5) is 2.13. The first-order valence-electron chi connectivity index (χ1n) is 12.6. The molecule has 39 heavy (non-hydrogen) atoms. The minimum absolute atomic E-state index is 0.0933. The van der Waals surface area contributed by atoms with E-state index in [1.54, 1.807) is 35.1 Å². The molecule has 3 aromatic rings. The molecule has 0 unspecified atom stereocenters. The van der Waals surface area contributed by atoms with Gasteiger partial charge in [-0.15, -0.1) is 5.10 Å². The fourth-order valence-electron chi connectivity index (χ4n) is 5.27. The standard InChI is InChI=1S/C25H28F2N6O4S2/c1-38(34,35)29-19-5-6-22(23(14-19)31-11-9-24(7-8-24)10-12-31)33-15-21(28-30-33)18-3-2-4-20(13-18)39(36,37)32-16-25(26,27)17-32/h2-6,13-15,29H,7-12,16-17H2,1H3. The molecule has 2 aromatic carbocycles. The van der Waals surface area contributed by atoms with Gasteiger partial charge < -0.3 is 4.90 Å². The summed E-state index contributed by atoms with van der Waals surface area (Å²) in [6.07, 6.45) is 7.42. The highest BCUT2D eigenvalue weighted by Gasteiger charge is 2.50. The summed E-state index contributed by atoms with van der Waals surface area (Å²) < 4.78 is 80.8. The average Bonchev–Trinajstić information content (AvgIpc) is 3.42. The zero-order valence-electron chi connectivity index (χ0n) is 21.2. The van der Waals surface area contributed by atoms with Crippen molar-refractivity contribution in [2.45, 2.75) is 36.5 Å². The number of nitrogens with zero attached hydrogens (tertiary/aromatic N) is 5. The second-order valence-electron chi connectivity index (χ2n) is 10.8. The molecule has 1 aliphatic carbocycles. The first kappa shape index (κ1) is 26.1. The normalized spacial score (nSPS) is 20.5. The fraction of sp³-hybridized carbons (Fsp3) is 0.440. The fourth-order valence-corrected chi connectivity index (χ4v) is 7.36. The van der Waals surface area contributed by atoms with Crippen molar-refractivity contribution in [3.63, 3.8) is 0 Å². The van der Waals surface area contributed by atoms with E-state index < -0.39 is 39.1 Å². The molecule has 208 valence electrons. The van der Waals surface area contributed by atoms with Crippen molar-refractivity contribution >= 4 is 31.4 Å². The number of hydrogen-bond acceptors (Lipinski definition) is 7. The van der Waals surface area contributed by atoms with Gasteiger partial charge in [-0.05, 0) is 61.4 Å². The molecule has 0 atom stereocenters. The van der Waals surface area contributed by atoms with Crippen LogP contribution in [0.25, 0.3) is 16.9 Å². The SMILES string of the molecule is CS(=O)(=O)Nc1ccc(-n2cc(-c3cccc(S(=O)(=O)N4CC(F)(F)C4)c3)nn2)c(N2CCC3(CC2)CC3)c1. The van der Waals surface area contributed by atoms with Crippen LogP contribution in [0.3, 0.4) is 0 Å². The van der Waals surface area contributed by atoms with Crippen LogP contribution in [0.1, 0.15) is 25.7 Å². The summed E-state index contributed by atoms with van der Waals surface area (Å²) in [5, 5.41) is 8.52. The molecule has 1 saturated carbocycles. The lowest BCUT2D eigenvalue weighted by atomic mass is 9.93. The number of hydrogen-bond donors (Lipinski definition) is 1. The third-order valence-electron chi connectivity index (χ3n) is 7.72. The van der Waals surface area contributed by atoms with Crippen LogP contribution in [0.5, 0.6) is 0 Å². The van der Waals surface area contributed by atoms with Crippen molar-refractivity contribution in [2.75, 3.05) is 42.1 Å². The molecule has 2 aliphatic heterocycles. The predicted octanol–water partition coefficient (Wildman–Crippen LogP) is 3.33. The van der Waals surface area contributed by atoms with Crippen LogP contribution in [-0.4, -0.2) is 74.5 Å². The Labute approximate surface area is 225 Å². The van der Waals surface area contributed by atoms with Gasteiger partial charge in [0, 0.05) is 18.7 Å². The van der Waals surface area contributed by atoms with Crippen molar-refractivity contribution in [3.8, 4) is 16.9 Å². The van der Waals surface area contributed by atoms with Crippen molar-refractivity contribution in [2.24, 2.45) is 5.41 Å². The highest BCUT2D eigenvalue weighted by atomic mass is 32.2. The number of benzene rings is 2. The quantitative estimate of drug-likeness (QED) is 0.457. The molecule has 0 bridgehead atoms. The van der Waals surface area contributed by atoms with Gasteiger partial charge in [-0.3, -0.25) is 4.72 Å². The van der Waals surface area contributed by atoms with Gasteiger partial charge in [-0.1, -0.05) is 17.3 Å². The highest BCUT2D eigenvalue weighted by Crippen LogP contribution is 2.54. The van der Waals surface area contributed by atoms with Crippen LogP contribution >= 0.6 is 0 Å². The Hall–Kier alpha value is -3.10. The van der Waals surface area contributed by atoms with Gasteiger partial charge in [0.15, 0.2) is 0 Å². The van der Waals surface area contributed by atoms with E-state index in [1.807, 2.05) is 0 Å². The Bertz CT molecular complexity index is 1640. The van der Waals surface area contributed by atoms with Gasteiger partial charge in [0.2, 0.25) is 20.0 Å². The third-order valence-corrected chi connectivity index (χ3v) is 10.1. The predicted molar refractivity (Wildman–Crippen MR) is 142 cm³/mol. The van der Waals surface area contributed by atoms with Crippen LogP contribution in [0.15, 0.2) is 53.6 Å². The van der Waals surface area contributed by atoms with Gasteiger partial charge in [0.25, 0.3) is 5.92 Å². The molecule has 3 heterocycles. The molecule has 14 heteroatoms. The number of sulfonamides is 2. The first-order valence-corrected chi connectivity index (χ1v) is 15.9. The van der Waals surface area contributed by atoms with Gasteiger partial charge in [-0.2, -0.15) is 4.31 Å². The van der Waals surface area contributed by atoms with Crippen LogP contribution in [0.2, 0.25) is 0 Å². The van der Waals surface area contributed by atoms with E-state index in [1.165, 1.54) is 31.0 Å². The van der Waals surface area contributed by atoms with E-state index in [0.717, 1.165) is 42.2 Å². The lowest BCUT2D eigenvalue weighted by molar-refractivity contribution is -0.0945. The summed E-state index contributed by atoms with van der Waals surface area (Å²) in [6, 6.07) is 11.2. The number of rotatable bonds is 7. The average molecular weight is 579 g/mol. The lowest BCUT2D eigenvalue weighted by Crippen LogP contribution is -2.58. The monoisotopic (exact) mass is 578 g/mol. The summed E-state index contributed by atoms with van der Waals surface area (Å²) in [5.74, 6) is -3.01. The van der Waals surface area contributed by atoms with Gasteiger partial charge in [0.05, 0.1) is 47.5 Å². The molecule has 2 saturated heterocycles. The Morgan fingerprint density at radius 3 is 2.28 bits per heavy atom. The van der Waals surface area contributed by atoms with E-state index in [2.05, 4.69) is 19.9 Å². The molecule has 6 rings (SSSR count). The van der Waals surface area contributed by atoms with Crippen LogP contribution in [0.4, 0.5) is 20.2 Å². The largest absolute Gasteiger partial charge is 0.370 e. The molecule has 10 nitrogen and oxygen atoms in total. The minimum Gasteiger partial charge on any atom is -0.370 e. The number of anilines is 2. The summed E-state index contributed by atoms with van der Waals surface area (Å²) in [6.45, 7) is 0.0132. The van der Waals surface area contributed by atoms with Crippen molar-refractivity contribution in [1.82, 2.24) is 19.3 Å². The van der Waals surface area contributed by atoms with Crippen LogP contribution < -0.4 is 9.62 Å². The van der Waals surface area contributed by atoms with Crippen molar-refractivity contribution in [3.05, 3.63) is 48.7 Å². The zero-order chi connectivity index (χ0) is 27.6. The second kappa shape index (κ2) is 8.96. The van der Waals surface area contributed by atoms with Crippen LogP contribution in [-0.2, 0) is 20.0 Å². The molecule has 3 aliphatic rings. The van der Waals surface area contributed by atoms with Gasteiger partial charge in [0.1, 0.15) is 5.69 Å². The number of halogens is 2. The summed E-state index contributed by atoms with van der Waals surface area (Å²) in [5.41, 5.74) is 3.28. The van der Waals surface area contributed by atoms with Gasteiger partial charge in [-0.25, -0.2) is 30.3 Å². The minimum atomic E-state index is -4.06. The molecular formula is C25H28F2N6O4S2. The zero-order valence-corrected chi connectivity index (χ0v) is 22.9. The van der Waals surface area contributed by atoms with E-state index in [4.69, 9.17) is 0 Å². The lowest BCUT2D eigenvalue weighted by Gasteiger charge is -2.37. The molecular weight excluding hydrogens is 550 g/mol. The maximum atomic E-state index is 13.3. The third kappa shape index (κ3) is 5.24. The second-order valence-corrected chi connectivity index (χ2v) is 14.5. The number of aromatic nitrogens is 3. The van der Waals surface area contributed by atoms with Crippen molar-refractivity contribution < 1.29 is 25.6 Å². The Morgan fingerprint density at radius 1 is 0.923 bits per heavy atom. The number of piperidine rings is 1. The summed E-state index contributed by atoms with van der Waals surface area (Å²) >= 11 is 0. The van der Waals surface area contributed by atoms with E-state index in [-0.39, 0.29) is 4.90 Å². The Balaban J connectivity index is 1.31. The molecule has 1 N–H and O–H groups in total. The molecule has 3 fully saturated rings. The Kier molecular flexibility index (Phi) is 6.01. The smallest absolute Gasteiger partial charge is 0.275 e. The molecule has 1 aromatic heterocycles.